The molecule has 2 aliphatic rings. The number of aromatic nitrogens is 3. The summed E-state index contributed by atoms with van der Waals surface area (Å²) in [6, 6.07) is 8.56. The Morgan fingerprint density at radius 3 is 2.68 bits per heavy atom. The van der Waals surface area contributed by atoms with E-state index in [-0.39, 0.29) is 5.91 Å². The van der Waals surface area contributed by atoms with Gasteiger partial charge in [-0.05, 0) is 39.6 Å². The Morgan fingerprint density at radius 1 is 1.19 bits per heavy atom. The van der Waals surface area contributed by atoms with Crippen LogP contribution in [0.3, 0.4) is 0 Å². The smallest absolute Gasteiger partial charge is 0.254 e. The lowest BCUT2D eigenvalue weighted by molar-refractivity contribution is 0.0564. The van der Waals surface area contributed by atoms with E-state index in [1.54, 1.807) is 4.52 Å². The van der Waals surface area contributed by atoms with Crippen LogP contribution in [0.1, 0.15) is 38.6 Å². The van der Waals surface area contributed by atoms with Crippen molar-refractivity contribution in [2.45, 2.75) is 39.5 Å². The van der Waals surface area contributed by atoms with Crippen LogP contribution in [0.25, 0.3) is 5.65 Å². The largest absolute Gasteiger partial charge is 0.328 e. The zero-order valence-electron chi connectivity index (χ0n) is 18.4. The van der Waals surface area contributed by atoms with Crippen LogP contribution in [0, 0.1) is 13.8 Å². The molecule has 1 amide bonds. The van der Waals surface area contributed by atoms with E-state index >= 15 is 0 Å². The van der Waals surface area contributed by atoms with Gasteiger partial charge in [0.15, 0.2) is 5.65 Å². The van der Waals surface area contributed by atoms with Gasteiger partial charge in [0.25, 0.3) is 5.91 Å². The summed E-state index contributed by atoms with van der Waals surface area (Å²) in [6.07, 6.45) is 0. The number of carbonyl (C=O) groups excluding carboxylic acids is 1. The molecule has 0 radical (unpaired) electrons. The van der Waals surface area contributed by atoms with Crippen LogP contribution >= 0.6 is 11.6 Å². The molecule has 0 N–H and O–H groups in total. The summed E-state index contributed by atoms with van der Waals surface area (Å²) in [5, 5.41) is 5.34. The third kappa shape index (κ3) is 3.41. The second-order valence-electron chi connectivity index (χ2n) is 8.89. The van der Waals surface area contributed by atoms with Crippen LogP contribution in [-0.2, 0) is 19.6 Å². The lowest BCUT2D eigenvalue weighted by Gasteiger charge is -2.43. The summed E-state index contributed by atoms with van der Waals surface area (Å²) < 4.78 is 1.81. The maximum absolute atomic E-state index is 13.4. The maximum atomic E-state index is 13.4. The van der Waals surface area contributed by atoms with Gasteiger partial charge in [0, 0.05) is 36.8 Å². The number of likely N-dealkylation sites (N-methyl/N-ethyl adjacent to an activating group) is 1. The Labute approximate surface area is 187 Å². The predicted molar refractivity (Wildman–Crippen MR) is 120 cm³/mol. The van der Waals surface area contributed by atoms with Gasteiger partial charge in [-0.1, -0.05) is 29.8 Å². The van der Waals surface area contributed by atoms with E-state index < -0.39 is 0 Å². The number of hydrogen-bond acceptors (Lipinski definition) is 5. The molecular formula is C23H27ClN6O. The molecule has 3 aromatic rings. The van der Waals surface area contributed by atoms with Crippen LogP contribution < -0.4 is 0 Å². The van der Waals surface area contributed by atoms with Crippen LogP contribution in [0.4, 0.5) is 0 Å². The Hall–Kier alpha value is -2.48. The third-order valence-electron chi connectivity index (χ3n) is 6.55. The fourth-order valence-electron chi connectivity index (χ4n) is 4.53. The van der Waals surface area contributed by atoms with E-state index in [1.807, 2.05) is 36.9 Å². The van der Waals surface area contributed by atoms with Crippen molar-refractivity contribution >= 4 is 23.2 Å². The fraction of sp³-hybridized carbons (Fsp3) is 0.435. The number of likely N-dealkylation sites (tertiary alicyclic amines) is 1. The number of hydrogen-bond donors (Lipinski definition) is 0. The molecule has 0 spiro atoms. The number of carbonyl (C=O) groups is 1. The summed E-state index contributed by atoms with van der Waals surface area (Å²) in [4.78, 5) is 24.6. The SMILES string of the molecule is Cc1nc2c3c(nn2c(C)c1Cl)CN(C(=O)c1ccccc1CN1CC(N(C)C)C1)C3. The van der Waals surface area contributed by atoms with Gasteiger partial charge in [-0.3, -0.25) is 9.69 Å². The zero-order valence-corrected chi connectivity index (χ0v) is 19.1. The molecule has 1 aromatic carbocycles. The normalized spacial score (nSPS) is 16.9. The Kier molecular flexibility index (Phi) is 5.00. The van der Waals surface area contributed by atoms with Crippen molar-refractivity contribution in [2.24, 2.45) is 0 Å². The fourth-order valence-corrected chi connectivity index (χ4v) is 4.66. The average molecular weight is 439 g/mol. The van der Waals surface area contributed by atoms with Gasteiger partial charge >= 0.3 is 0 Å². The van der Waals surface area contributed by atoms with E-state index in [4.69, 9.17) is 16.7 Å². The quantitative estimate of drug-likeness (QED) is 0.627. The number of aryl methyl sites for hydroxylation is 2. The Morgan fingerprint density at radius 2 is 1.94 bits per heavy atom. The van der Waals surface area contributed by atoms with E-state index in [1.165, 1.54) is 0 Å². The summed E-state index contributed by atoms with van der Waals surface area (Å²) >= 11 is 6.35. The molecule has 0 unspecified atom stereocenters. The highest BCUT2D eigenvalue weighted by molar-refractivity contribution is 6.31. The minimum atomic E-state index is 0.0545. The third-order valence-corrected chi connectivity index (χ3v) is 7.10. The molecule has 7 nitrogen and oxygen atoms in total. The van der Waals surface area contributed by atoms with Gasteiger partial charge in [0.2, 0.25) is 0 Å². The monoisotopic (exact) mass is 438 g/mol. The highest BCUT2D eigenvalue weighted by Crippen LogP contribution is 2.30. The minimum Gasteiger partial charge on any atom is -0.328 e. The first kappa shape index (κ1) is 20.4. The van der Waals surface area contributed by atoms with E-state index in [0.717, 1.165) is 59.1 Å². The van der Waals surface area contributed by atoms with Gasteiger partial charge in [-0.15, -0.1) is 0 Å². The highest BCUT2D eigenvalue weighted by atomic mass is 35.5. The van der Waals surface area contributed by atoms with Gasteiger partial charge in [-0.2, -0.15) is 5.10 Å². The number of nitrogens with zero attached hydrogens (tertiary/aromatic N) is 6. The first-order chi connectivity index (χ1) is 14.8. The van der Waals surface area contributed by atoms with Crippen LogP contribution in [0.15, 0.2) is 24.3 Å². The van der Waals surface area contributed by atoms with Crippen molar-refractivity contribution in [3.8, 4) is 0 Å². The Bertz CT molecular complexity index is 1180. The highest BCUT2D eigenvalue weighted by Gasteiger charge is 2.32. The first-order valence-corrected chi connectivity index (χ1v) is 11.0. The number of fused-ring (bicyclic) bond motifs is 3. The molecular weight excluding hydrogens is 412 g/mol. The molecule has 0 aliphatic carbocycles. The Balaban J connectivity index is 1.37. The first-order valence-electron chi connectivity index (χ1n) is 10.6. The minimum absolute atomic E-state index is 0.0545. The summed E-state index contributed by atoms with van der Waals surface area (Å²) in [5.74, 6) is 0.0545. The molecule has 31 heavy (non-hydrogen) atoms. The topological polar surface area (TPSA) is 57.0 Å². The molecule has 0 saturated carbocycles. The van der Waals surface area contributed by atoms with Crippen molar-refractivity contribution in [1.82, 2.24) is 29.3 Å². The molecule has 1 fully saturated rings. The second-order valence-corrected chi connectivity index (χ2v) is 9.27. The maximum Gasteiger partial charge on any atom is 0.254 e. The van der Waals surface area contributed by atoms with Crippen molar-refractivity contribution in [3.63, 3.8) is 0 Å². The number of rotatable bonds is 4. The molecule has 0 atom stereocenters. The van der Waals surface area contributed by atoms with Gasteiger partial charge in [-0.25, -0.2) is 9.50 Å². The van der Waals surface area contributed by atoms with Gasteiger partial charge in [0.1, 0.15) is 0 Å². The standard InChI is InChI=1S/C23H27ClN6O/c1-14-21(24)15(2)30-22(25-14)19-12-29(13-20(19)26-30)23(31)18-8-6-5-7-16(18)9-28-10-17(11-28)27(3)4/h5-8,17H,9-13H2,1-4H3. The van der Waals surface area contributed by atoms with Crippen molar-refractivity contribution < 1.29 is 4.79 Å². The summed E-state index contributed by atoms with van der Waals surface area (Å²) in [7, 11) is 4.23. The van der Waals surface area contributed by atoms with Crippen molar-refractivity contribution in [3.05, 3.63) is 63.1 Å². The van der Waals surface area contributed by atoms with Crippen LogP contribution in [0.2, 0.25) is 5.02 Å². The average Bonchev–Trinajstić information content (AvgIpc) is 3.27. The van der Waals surface area contributed by atoms with Crippen LogP contribution in [0.5, 0.6) is 0 Å². The van der Waals surface area contributed by atoms with Crippen molar-refractivity contribution in [1.29, 1.82) is 0 Å². The van der Waals surface area contributed by atoms with Crippen LogP contribution in [-0.4, -0.2) is 68.4 Å². The molecule has 0 bridgehead atoms. The molecule has 4 heterocycles. The number of benzene rings is 1. The lowest BCUT2D eigenvalue weighted by atomic mass is 10.0. The summed E-state index contributed by atoms with van der Waals surface area (Å²) in [5.41, 5.74) is 6.25. The van der Waals surface area contributed by atoms with E-state index in [9.17, 15) is 4.79 Å². The molecule has 162 valence electrons. The molecule has 2 aliphatic heterocycles. The second kappa shape index (κ2) is 7.58. The zero-order chi connectivity index (χ0) is 21.9. The number of amides is 1. The lowest BCUT2D eigenvalue weighted by Crippen LogP contribution is -2.56. The molecule has 5 rings (SSSR count). The molecule has 8 heteroatoms. The van der Waals surface area contributed by atoms with E-state index in [2.05, 4.69) is 34.9 Å². The van der Waals surface area contributed by atoms with Gasteiger partial charge < -0.3 is 9.80 Å². The number of halogens is 1. The predicted octanol–water partition coefficient (Wildman–Crippen LogP) is 2.90. The summed E-state index contributed by atoms with van der Waals surface area (Å²) in [6.45, 7) is 7.74. The van der Waals surface area contributed by atoms with E-state index in [0.29, 0.717) is 24.2 Å². The molecule has 1 saturated heterocycles. The van der Waals surface area contributed by atoms with Crippen molar-refractivity contribution in [2.75, 3.05) is 27.2 Å². The van der Waals surface area contributed by atoms with Gasteiger partial charge in [0.05, 0.1) is 35.2 Å². The molecule has 2 aromatic heterocycles.